The number of ether oxygens (including phenoxy) is 1. The number of nitrogens with zero attached hydrogens (tertiary/aromatic N) is 2. The molecule has 0 saturated heterocycles. The number of benzene rings is 3. The van der Waals surface area contributed by atoms with Gasteiger partial charge in [0.15, 0.2) is 0 Å². The van der Waals surface area contributed by atoms with Crippen LogP contribution < -0.4 is 10.1 Å². The van der Waals surface area contributed by atoms with Crippen LogP contribution in [0.25, 0.3) is 11.0 Å². The number of alkyl halides is 3. The van der Waals surface area contributed by atoms with E-state index in [0.717, 1.165) is 17.1 Å². The van der Waals surface area contributed by atoms with Gasteiger partial charge in [-0.1, -0.05) is 18.2 Å². The van der Waals surface area contributed by atoms with Crippen molar-refractivity contribution in [3.05, 3.63) is 95.1 Å². The minimum atomic E-state index is -4.58. The van der Waals surface area contributed by atoms with Crippen molar-refractivity contribution in [3.63, 3.8) is 0 Å². The molecule has 0 aliphatic heterocycles. The van der Waals surface area contributed by atoms with Crippen molar-refractivity contribution in [2.24, 2.45) is 0 Å². The van der Waals surface area contributed by atoms with Crippen LogP contribution in [0.3, 0.4) is 0 Å². The maximum absolute atomic E-state index is 13.4. The highest BCUT2D eigenvalue weighted by Gasteiger charge is 2.33. The number of methoxy groups -OCH3 is 1. The first-order chi connectivity index (χ1) is 15.7. The topological polar surface area (TPSA) is 56.1 Å². The predicted octanol–water partition coefficient (Wildman–Crippen LogP) is 5.18. The number of fused-ring (bicyclic) bond motifs is 1. The molecule has 0 unspecified atom stereocenters. The summed E-state index contributed by atoms with van der Waals surface area (Å²) in [4.78, 5) is 16.9. The first kappa shape index (κ1) is 22.3. The molecule has 0 saturated carbocycles. The van der Waals surface area contributed by atoms with Crippen molar-refractivity contribution in [3.8, 4) is 5.75 Å². The summed E-state index contributed by atoms with van der Waals surface area (Å²) in [5.74, 6) is -0.779. The van der Waals surface area contributed by atoms with Crippen molar-refractivity contribution in [1.29, 1.82) is 0 Å². The average Bonchev–Trinajstić information content (AvgIpc) is 3.18. The van der Waals surface area contributed by atoms with Crippen LogP contribution in [-0.2, 0) is 19.3 Å². The van der Waals surface area contributed by atoms with Crippen LogP contribution >= 0.6 is 0 Å². The highest BCUT2D eigenvalue weighted by Crippen LogP contribution is 2.34. The number of imidazole rings is 1. The molecule has 0 fully saturated rings. The summed E-state index contributed by atoms with van der Waals surface area (Å²) in [5, 5.41) is 2.53. The van der Waals surface area contributed by atoms with Crippen molar-refractivity contribution in [1.82, 2.24) is 14.9 Å². The molecule has 33 heavy (non-hydrogen) atoms. The van der Waals surface area contributed by atoms with Gasteiger partial charge in [0.2, 0.25) is 0 Å². The fourth-order valence-corrected chi connectivity index (χ4v) is 3.54. The lowest BCUT2D eigenvalue weighted by Crippen LogP contribution is -2.24. The Bertz CT molecular complexity index is 1310. The van der Waals surface area contributed by atoms with E-state index in [4.69, 9.17) is 4.74 Å². The minimum Gasteiger partial charge on any atom is -0.497 e. The molecule has 5 nitrogen and oxygen atoms in total. The average molecular weight is 457 g/mol. The monoisotopic (exact) mass is 457 g/mol. The maximum atomic E-state index is 13.4. The lowest BCUT2D eigenvalue weighted by molar-refractivity contribution is -0.138. The summed E-state index contributed by atoms with van der Waals surface area (Å²) < 4.78 is 60.2. The number of nitrogens with one attached hydrogen (secondary N) is 1. The number of carbonyl (C=O) groups excluding carboxylic acids is 1. The number of halogens is 4. The number of hydrogen-bond donors (Lipinski definition) is 1. The van der Waals surface area contributed by atoms with Crippen LogP contribution in [0, 0.1) is 5.82 Å². The summed E-state index contributed by atoms with van der Waals surface area (Å²) in [6.07, 6.45) is -2.99. The number of hydrogen-bond acceptors (Lipinski definition) is 3. The molecule has 4 rings (SSSR count). The third-order valence-corrected chi connectivity index (χ3v) is 5.19. The largest absolute Gasteiger partial charge is 0.497 e. The van der Waals surface area contributed by atoms with Gasteiger partial charge in [-0.05, 0) is 53.6 Å². The van der Waals surface area contributed by atoms with Crippen LogP contribution in [0.4, 0.5) is 17.6 Å². The highest BCUT2D eigenvalue weighted by atomic mass is 19.4. The van der Waals surface area contributed by atoms with Gasteiger partial charge in [0.25, 0.3) is 5.91 Å². The van der Waals surface area contributed by atoms with Gasteiger partial charge in [0.1, 0.15) is 11.6 Å². The number of rotatable bonds is 6. The maximum Gasteiger partial charge on any atom is 0.416 e. The molecular formula is C24H19F4N3O2. The fourth-order valence-electron chi connectivity index (χ4n) is 3.54. The normalized spacial score (nSPS) is 11.5. The van der Waals surface area contributed by atoms with Crippen LogP contribution in [0.5, 0.6) is 5.75 Å². The summed E-state index contributed by atoms with van der Waals surface area (Å²) in [6, 6.07) is 14.6. The molecule has 1 aromatic heterocycles. The van der Waals surface area contributed by atoms with Crippen LogP contribution in [0.15, 0.2) is 67.0 Å². The Kier molecular flexibility index (Phi) is 6.04. The smallest absolute Gasteiger partial charge is 0.416 e. The van der Waals surface area contributed by atoms with E-state index in [9.17, 15) is 22.4 Å². The lowest BCUT2D eigenvalue weighted by Gasteiger charge is -2.15. The molecule has 4 aromatic rings. The van der Waals surface area contributed by atoms with Crippen LogP contribution in [0.1, 0.15) is 27.0 Å². The van der Waals surface area contributed by atoms with Crippen molar-refractivity contribution in [2.75, 3.05) is 7.11 Å². The standard InChI is InChI=1S/C24H19F4N3O2/c1-33-19-7-5-17(20(11-19)24(26,27)28)12-29-23(32)16-6-8-22-21(10-16)30-14-31(22)13-15-3-2-4-18(25)9-15/h2-11,14H,12-13H2,1H3,(H,29,32). The van der Waals surface area contributed by atoms with E-state index in [0.29, 0.717) is 12.1 Å². The number of aromatic nitrogens is 2. The first-order valence-corrected chi connectivity index (χ1v) is 9.96. The van der Waals surface area contributed by atoms with Gasteiger partial charge in [-0.2, -0.15) is 13.2 Å². The molecule has 9 heteroatoms. The molecule has 0 radical (unpaired) electrons. The Labute approximate surface area is 186 Å². The number of carbonyl (C=O) groups is 1. The van der Waals surface area contributed by atoms with E-state index in [2.05, 4.69) is 10.3 Å². The molecule has 1 N–H and O–H groups in total. The van der Waals surface area contributed by atoms with Gasteiger partial charge in [0.05, 0.1) is 30.0 Å². The molecule has 3 aromatic carbocycles. The molecule has 1 heterocycles. The van der Waals surface area contributed by atoms with Gasteiger partial charge < -0.3 is 14.6 Å². The third kappa shape index (κ3) is 4.97. The molecule has 0 bridgehead atoms. The molecule has 170 valence electrons. The number of amides is 1. The summed E-state index contributed by atoms with van der Waals surface area (Å²) >= 11 is 0. The Morgan fingerprint density at radius 1 is 1.09 bits per heavy atom. The van der Waals surface area contributed by atoms with Crippen molar-refractivity contribution < 1.29 is 27.1 Å². The molecular weight excluding hydrogens is 438 g/mol. The van der Waals surface area contributed by atoms with Gasteiger partial charge in [0, 0.05) is 18.7 Å². The summed E-state index contributed by atoms with van der Waals surface area (Å²) in [5.41, 5.74) is 1.37. The highest BCUT2D eigenvalue weighted by molar-refractivity contribution is 5.97. The van der Waals surface area contributed by atoms with Crippen LogP contribution in [0.2, 0.25) is 0 Å². The Balaban J connectivity index is 1.50. The second-order valence-corrected chi connectivity index (χ2v) is 7.41. The van der Waals surface area contributed by atoms with E-state index >= 15 is 0 Å². The minimum absolute atomic E-state index is 0.0721. The summed E-state index contributed by atoms with van der Waals surface area (Å²) in [6.45, 7) is 0.0984. The zero-order chi connectivity index (χ0) is 23.6. The van der Waals surface area contributed by atoms with Gasteiger partial charge in [-0.15, -0.1) is 0 Å². The molecule has 0 spiro atoms. The summed E-state index contributed by atoms with van der Waals surface area (Å²) in [7, 11) is 1.28. The lowest BCUT2D eigenvalue weighted by atomic mass is 10.1. The van der Waals surface area contributed by atoms with Gasteiger partial charge >= 0.3 is 6.18 Å². The van der Waals surface area contributed by atoms with E-state index in [1.54, 1.807) is 36.7 Å². The predicted molar refractivity (Wildman–Crippen MR) is 114 cm³/mol. The zero-order valence-corrected chi connectivity index (χ0v) is 17.5. The van der Waals surface area contributed by atoms with E-state index < -0.39 is 17.6 Å². The van der Waals surface area contributed by atoms with Crippen molar-refractivity contribution >= 4 is 16.9 Å². The molecule has 0 atom stereocenters. The van der Waals surface area contributed by atoms with E-state index in [1.165, 1.54) is 31.4 Å². The quantitative estimate of drug-likeness (QED) is 0.406. The second kappa shape index (κ2) is 8.93. The molecule has 0 aliphatic rings. The van der Waals surface area contributed by atoms with Crippen LogP contribution in [-0.4, -0.2) is 22.6 Å². The van der Waals surface area contributed by atoms with E-state index in [1.807, 2.05) is 4.57 Å². The first-order valence-electron chi connectivity index (χ1n) is 9.96. The second-order valence-electron chi connectivity index (χ2n) is 7.41. The van der Waals surface area contributed by atoms with Crippen molar-refractivity contribution in [2.45, 2.75) is 19.3 Å². The van der Waals surface area contributed by atoms with Gasteiger partial charge in [-0.3, -0.25) is 4.79 Å². The Morgan fingerprint density at radius 3 is 2.64 bits per heavy atom. The Hall–Kier alpha value is -3.88. The van der Waals surface area contributed by atoms with E-state index in [-0.39, 0.29) is 29.2 Å². The molecule has 1 amide bonds. The SMILES string of the molecule is COc1ccc(CNC(=O)c2ccc3c(c2)ncn3Cc2cccc(F)c2)c(C(F)(F)F)c1. The third-order valence-electron chi connectivity index (χ3n) is 5.19. The Morgan fingerprint density at radius 2 is 1.91 bits per heavy atom. The fraction of sp³-hybridized carbons (Fsp3) is 0.167. The van der Waals surface area contributed by atoms with Gasteiger partial charge in [-0.25, -0.2) is 9.37 Å². The zero-order valence-electron chi connectivity index (χ0n) is 17.5. The molecule has 0 aliphatic carbocycles.